The molecule has 1 saturated heterocycles. The van der Waals surface area contributed by atoms with Crippen LogP contribution in [0.2, 0.25) is 0 Å². The highest BCUT2D eigenvalue weighted by Crippen LogP contribution is 2.27. The average Bonchev–Trinajstić information content (AvgIpc) is 2.45. The molecule has 0 aromatic heterocycles. The Balaban J connectivity index is 2.03. The van der Waals surface area contributed by atoms with Crippen molar-refractivity contribution in [2.24, 2.45) is 11.8 Å². The summed E-state index contributed by atoms with van der Waals surface area (Å²) < 4.78 is 5.30. The molecule has 3 N–H and O–H groups in total. The van der Waals surface area contributed by atoms with Gasteiger partial charge in [-0.25, -0.2) is 0 Å². The van der Waals surface area contributed by atoms with Crippen molar-refractivity contribution in [2.75, 3.05) is 37.4 Å². The highest BCUT2D eigenvalue weighted by Gasteiger charge is 2.26. The van der Waals surface area contributed by atoms with E-state index >= 15 is 0 Å². The first kappa shape index (κ1) is 18.3. The first-order valence-electron chi connectivity index (χ1n) is 8.46. The number of rotatable bonds is 5. The highest BCUT2D eigenvalue weighted by molar-refractivity contribution is 5.95. The SMILES string of the molecule is COc1ccc(NC(C)=O)cc1NC(=O)C[NH+]1C[C@@H](C)C[C@H](C)C1. The number of hydrogen-bond acceptors (Lipinski definition) is 3. The molecular formula is C18H28N3O3+. The van der Waals surface area contributed by atoms with E-state index in [4.69, 9.17) is 4.74 Å². The summed E-state index contributed by atoms with van der Waals surface area (Å²) in [5.41, 5.74) is 1.21. The zero-order valence-corrected chi connectivity index (χ0v) is 14.9. The lowest BCUT2D eigenvalue weighted by Crippen LogP contribution is -3.15. The molecule has 1 heterocycles. The van der Waals surface area contributed by atoms with Gasteiger partial charge in [0.1, 0.15) is 5.75 Å². The van der Waals surface area contributed by atoms with Crippen LogP contribution in [0.15, 0.2) is 18.2 Å². The summed E-state index contributed by atoms with van der Waals surface area (Å²) in [6.45, 7) is 8.44. The zero-order chi connectivity index (χ0) is 17.7. The van der Waals surface area contributed by atoms with Crippen LogP contribution in [0, 0.1) is 11.8 Å². The maximum atomic E-state index is 12.4. The molecule has 6 nitrogen and oxygen atoms in total. The number of methoxy groups -OCH3 is 1. The molecule has 24 heavy (non-hydrogen) atoms. The van der Waals surface area contributed by atoms with Gasteiger partial charge in [0, 0.05) is 24.4 Å². The summed E-state index contributed by atoms with van der Waals surface area (Å²) in [7, 11) is 1.56. The number of quaternary nitrogens is 1. The smallest absolute Gasteiger partial charge is 0.279 e. The predicted molar refractivity (Wildman–Crippen MR) is 94.4 cm³/mol. The number of likely N-dealkylation sites (tertiary alicyclic amines) is 1. The van der Waals surface area contributed by atoms with Crippen LogP contribution in [0.4, 0.5) is 11.4 Å². The third-order valence-electron chi connectivity index (χ3n) is 4.28. The van der Waals surface area contributed by atoms with Gasteiger partial charge in [0.25, 0.3) is 5.91 Å². The molecule has 1 aromatic carbocycles. The van der Waals surface area contributed by atoms with Crippen LogP contribution in [0.25, 0.3) is 0 Å². The van der Waals surface area contributed by atoms with Crippen molar-refractivity contribution in [2.45, 2.75) is 27.2 Å². The second-order valence-electron chi connectivity index (χ2n) is 6.93. The Morgan fingerprint density at radius 1 is 1.21 bits per heavy atom. The number of ether oxygens (including phenoxy) is 1. The van der Waals surface area contributed by atoms with Crippen molar-refractivity contribution < 1.29 is 19.2 Å². The number of nitrogens with one attached hydrogen (secondary N) is 3. The number of carbonyl (C=O) groups excluding carboxylic acids is 2. The van der Waals surface area contributed by atoms with Crippen LogP contribution in [-0.4, -0.2) is 38.6 Å². The zero-order valence-electron chi connectivity index (χ0n) is 14.9. The molecule has 0 radical (unpaired) electrons. The Bertz CT molecular complexity index is 593. The molecule has 0 saturated carbocycles. The molecule has 1 aliphatic rings. The molecule has 1 aliphatic heterocycles. The van der Waals surface area contributed by atoms with Crippen molar-refractivity contribution in [3.8, 4) is 5.75 Å². The van der Waals surface area contributed by atoms with E-state index in [9.17, 15) is 9.59 Å². The van der Waals surface area contributed by atoms with Crippen LogP contribution in [0.3, 0.4) is 0 Å². The van der Waals surface area contributed by atoms with Gasteiger partial charge in [0.2, 0.25) is 5.91 Å². The Hall–Kier alpha value is -2.08. The Labute approximate surface area is 143 Å². The van der Waals surface area contributed by atoms with E-state index < -0.39 is 0 Å². The van der Waals surface area contributed by atoms with Crippen molar-refractivity contribution in [3.05, 3.63) is 18.2 Å². The molecule has 1 fully saturated rings. The summed E-state index contributed by atoms with van der Waals surface area (Å²) in [5.74, 6) is 1.68. The summed E-state index contributed by atoms with van der Waals surface area (Å²) in [4.78, 5) is 24.9. The second-order valence-corrected chi connectivity index (χ2v) is 6.93. The minimum absolute atomic E-state index is 0.0374. The Morgan fingerprint density at radius 3 is 2.46 bits per heavy atom. The molecule has 2 atom stereocenters. The van der Waals surface area contributed by atoms with Gasteiger partial charge in [0.05, 0.1) is 25.9 Å². The average molecular weight is 334 g/mol. The minimum Gasteiger partial charge on any atom is -0.495 e. The molecule has 6 heteroatoms. The summed E-state index contributed by atoms with van der Waals surface area (Å²) in [6, 6.07) is 5.20. The molecule has 1 aromatic rings. The third kappa shape index (κ3) is 5.23. The van der Waals surface area contributed by atoms with E-state index in [1.165, 1.54) is 18.2 Å². The number of benzene rings is 1. The van der Waals surface area contributed by atoms with Gasteiger partial charge in [-0.2, -0.15) is 0 Å². The molecule has 2 amide bonds. The van der Waals surface area contributed by atoms with E-state index in [0.717, 1.165) is 13.1 Å². The van der Waals surface area contributed by atoms with Gasteiger partial charge in [-0.3, -0.25) is 9.59 Å². The summed E-state index contributed by atoms with van der Waals surface area (Å²) >= 11 is 0. The van der Waals surface area contributed by atoms with E-state index in [-0.39, 0.29) is 11.8 Å². The Morgan fingerprint density at radius 2 is 1.88 bits per heavy atom. The van der Waals surface area contributed by atoms with Crippen LogP contribution < -0.4 is 20.3 Å². The first-order chi connectivity index (χ1) is 11.4. The van der Waals surface area contributed by atoms with Gasteiger partial charge in [-0.05, 0) is 24.6 Å². The fraction of sp³-hybridized carbons (Fsp3) is 0.556. The maximum Gasteiger partial charge on any atom is 0.279 e. The maximum absolute atomic E-state index is 12.4. The summed E-state index contributed by atoms with van der Waals surface area (Å²) in [6.07, 6.45) is 1.23. The van der Waals surface area contributed by atoms with E-state index in [2.05, 4.69) is 24.5 Å². The molecule has 132 valence electrons. The minimum atomic E-state index is -0.154. The monoisotopic (exact) mass is 334 g/mol. The van der Waals surface area contributed by atoms with Crippen LogP contribution in [0.1, 0.15) is 27.2 Å². The van der Waals surface area contributed by atoms with Gasteiger partial charge < -0.3 is 20.3 Å². The number of hydrogen-bond donors (Lipinski definition) is 3. The lowest BCUT2D eigenvalue weighted by Gasteiger charge is -2.31. The van der Waals surface area contributed by atoms with E-state index in [0.29, 0.717) is 35.5 Å². The molecule has 0 aliphatic carbocycles. The molecule has 2 rings (SSSR count). The lowest BCUT2D eigenvalue weighted by molar-refractivity contribution is -0.904. The van der Waals surface area contributed by atoms with Gasteiger partial charge in [-0.1, -0.05) is 13.8 Å². The second kappa shape index (κ2) is 8.15. The van der Waals surface area contributed by atoms with E-state index in [1.807, 2.05) is 0 Å². The molecule has 0 unspecified atom stereocenters. The van der Waals surface area contributed by atoms with E-state index in [1.54, 1.807) is 25.3 Å². The topological polar surface area (TPSA) is 71.9 Å². The fourth-order valence-corrected chi connectivity index (χ4v) is 3.57. The third-order valence-corrected chi connectivity index (χ3v) is 4.28. The number of carbonyl (C=O) groups is 2. The normalized spacial score (nSPS) is 23.4. The van der Waals surface area contributed by atoms with Crippen molar-refractivity contribution in [3.63, 3.8) is 0 Å². The summed E-state index contributed by atoms with van der Waals surface area (Å²) in [5, 5.41) is 5.63. The fourth-order valence-electron chi connectivity index (χ4n) is 3.57. The van der Waals surface area contributed by atoms with Crippen molar-refractivity contribution in [1.82, 2.24) is 0 Å². The lowest BCUT2D eigenvalue weighted by atomic mass is 9.92. The number of anilines is 2. The molecule has 0 spiro atoms. The first-order valence-corrected chi connectivity index (χ1v) is 8.46. The number of amides is 2. The van der Waals surface area contributed by atoms with Crippen molar-refractivity contribution in [1.29, 1.82) is 0 Å². The van der Waals surface area contributed by atoms with Gasteiger partial charge in [0.15, 0.2) is 6.54 Å². The Kier molecular flexibility index (Phi) is 6.20. The largest absolute Gasteiger partial charge is 0.495 e. The van der Waals surface area contributed by atoms with Crippen LogP contribution in [-0.2, 0) is 9.59 Å². The van der Waals surface area contributed by atoms with Crippen molar-refractivity contribution >= 4 is 23.2 Å². The van der Waals surface area contributed by atoms with Crippen LogP contribution in [0.5, 0.6) is 5.75 Å². The molecular weight excluding hydrogens is 306 g/mol. The van der Waals surface area contributed by atoms with Gasteiger partial charge >= 0.3 is 0 Å². The number of piperidine rings is 1. The standard InChI is InChI=1S/C18H27N3O3/c1-12-7-13(2)10-21(9-12)11-18(23)20-16-8-15(19-14(3)22)5-6-17(16)24-4/h5-6,8,12-13H,7,9-11H2,1-4H3,(H,19,22)(H,20,23)/p+1/t12-,13-/m0/s1. The highest BCUT2D eigenvalue weighted by atomic mass is 16.5. The van der Waals surface area contributed by atoms with Gasteiger partial charge in [-0.15, -0.1) is 0 Å². The predicted octanol–water partition coefficient (Wildman–Crippen LogP) is 1.15. The molecule has 0 bridgehead atoms. The van der Waals surface area contributed by atoms with Crippen LogP contribution >= 0.6 is 0 Å². The quantitative estimate of drug-likeness (QED) is 0.756.